The molecule has 0 radical (unpaired) electrons. The molecule has 102 valence electrons. The van der Waals surface area contributed by atoms with Crippen LogP contribution in [0.4, 0.5) is 5.69 Å². The van der Waals surface area contributed by atoms with Crippen LogP contribution in [0.5, 0.6) is 0 Å². The minimum Gasteiger partial charge on any atom is -0.361 e. The molecule has 0 saturated heterocycles. The summed E-state index contributed by atoms with van der Waals surface area (Å²) in [7, 11) is 0. The number of hydrogen-bond donors (Lipinski definition) is 0. The zero-order valence-electron chi connectivity index (χ0n) is 11.3. The molecule has 1 aliphatic rings. The van der Waals surface area contributed by atoms with Crippen LogP contribution in [0, 0.1) is 0 Å². The fourth-order valence-electron chi connectivity index (χ4n) is 2.76. The second-order valence-corrected chi connectivity index (χ2v) is 6.03. The summed E-state index contributed by atoms with van der Waals surface area (Å²) in [5.41, 5.74) is 3.30. The van der Waals surface area contributed by atoms with Gasteiger partial charge in [-0.3, -0.25) is 4.79 Å². The summed E-state index contributed by atoms with van der Waals surface area (Å²) in [6.45, 7) is 2.91. The maximum Gasteiger partial charge on any atom is 0.184 e. The molecule has 1 unspecified atom stereocenters. The number of carbonyl (C=O) groups excluding carboxylic acids is 1. The molecule has 3 heteroatoms. The largest absolute Gasteiger partial charge is 0.361 e. The Hall–Kier alpha value is -1.61. The molecule has 2 nitrogen and oxygen atoms in total. The van der Waals surface area contributed by atoms with E-state index in [2.05, 4.69) is 39.0 Å². The van der Waals surface area contributed by atoms with Crippen molar-refractivity contribution in [2.75, 3.05) is 11.4 Å². The molecule has 20 heavy (non-hydrogen) atoms. The summed E-state index contributed by atoms with van der Waals surface area (Å²) < 4.78 is 0.994. The maximum absolute atomic E-state index is 12.6. The summed E-state index contributed by atoms with van der Waals surface area (Å²) in [5.74, 6) is 0.175. The van der Waals surface area contributed by atoms with Crippen molar-refractivity contribution in [3.8, 4) is 0 Å². The molecule has 1 aliphatic heterocycles. The summed E-state index contributed by atoms with van der Waals surface area (Å²) in [4.78, 5) is 14.8. The molecule has 0 aliphatic carbocycles. The van der Waals surface area contributed by atoms with Crippen LogP contribution in [0.1, 0.15) is 22.8 Å². The van der Waals surface area contributed by atoms with Crippen LogP contribution in [0.15, 0.2) is 53.0 Å². The van der Waals surface area contributed by atoms with Gasteiger partial charge in [0, 0.05) is 22.3 Å². The Bertz CT molecular complexity index is 636. The zero-order chi connectivity index (χ0) is 14.1. The van der Waals surface area contributed by atoms with Crippen molar-refractivity contribution in [1.82, 2.24) is 0 Å². The van der Waals surface area contributed by atoms with E-state index in [1.807, 2.05) is 37.3 Å². The van der Waals surface area contributed by atoms with Crippen LogP contribution in [0.25, 0.3) is 0 Å². The Morgan fingerprint density at radius 1 is 1.15 bits per heavy atom. The number of Topliss-reactive ketones (excluding diaryl/α,β-unsaturated/α-hetero) is 1. The number of halogens is 1. The summed E-state index contributed by atoms with van der Waals surface area (Å²) in [6, 6.07) is 15.8. The van der Waals surface area contributed by atoms with E-state index in [-0.39, 0.29) is 11.8 Å². The fourth-order valence-corrected chi connectivity index (χ4v) is 3.03. The number of nitrogens with zero attached hydrogens (tertiary/aromatic N) is 1. The lowest BCUT2D eigenvalue weighted by Gasteiger charge is -2.26. The van der Waals surface area contributed by atoms with Crippen molar-refractivity contribution in [3.05, 3.63) is 64.1 Å². The third kappa shape index (κ3) is 2.38. The molecular formula is C17H16BrNO. The van der Waals surface area contributed by atoms with E-state index in [1.54, 1.807) is 0 Å². The van der Waals surface area contributed by atoms with Gasteiger partial charge in [0.25, 0.3) is 0 Å². The number of carbonyl (C=O) groups is 1. The Labute approximate surface area is 127 Å². The molecule has 2 aromatic carbocycles. The summed E-state index contributed by atoms with van der Waals surface area (Å²) >= 11 is 3.40. The van der Waals surface area contributed by atoms with Crippen LogP contribution >= 0.6 is 15.9 Å². The Morgan fingerprint density at radius 2 is 1.85 bits per heavy atom. The normalized spacial score (nSPS) is 15.0. The first-order chi connectivity index (χ1) is 9.66. The third-order valence-corrected chi connectivity index (χ3v) is 4.43. The predicted molar refractivity (Wildman–Crippen MR) is 85.4 cm³/mol. The zero-order valence-corrected chi connectivity index (χ0v) is 12.9. The first-order valence-electron chi connectivity index (χ1n) is 6.81. The smallest absolute Gasteiger partial charge is 0.184 e. The first-order valence-corrected chi connectivity index (χ1v) is 7.60. The molecule has 0 fully saturated rings. The van der Waals surface area contributed by atoms with E-state index in [0.717, 1.165) is 23.0 Å². The van der Waals surface area contributed by atoms with Crippen molar-refractivity contribution in [2.45, 2.75) is 19.4 Å². The molecule has 0 bridgehead atoms. The predicted octanol–water partition coefficient (Wildman–Crippen LogP) is 4.08. The molecule has 0 saturated carbocycles. The van der Waals surface area contributed by atoms with Crippen LogP contribution in [-0.2, 0) is 6.42 Å². The van der Waals surface area contributed by atoms with Gasteiger partial charge in [0.15, 0.2) is 5.78 Å². The van der Waals surface area contributed by atoms with Crippen molar-refractivity contribution in [1.29, 1.82) is 0 Å². The van der Waals surface area contributed by atoms with Gasteiger partial charge in [0.2, 0.25) is 0 Å². The second-order valence-electron chi connectivity index (χ2n) is 5.12. The Kier molecular flexibility index (Phi) is 3.62. The van der Waals surface area contributed by atoms with E-state index in [1.165, 1.54) is 11.3 Å². The van der Waals surface area contributed by atoms with Gasteiger partial charge in [-0.1, -0.05) is 46.3 Å². The number of ketones is 1. The van der Waals surface area contributed by atoms with Crippen molar-refractivity contribution in [3.63, 3.8) is 0 Å². The van der Waals surface area contributed by atoms with E-state index < -0.39 is 0 Å². The number of hydrogen-bond acceptors (Lipinski definition) is 2. The number of para-hydroxylation sites is 1. The highest BCUT2D eigenvalue weighted by molar-refractivity contribution is 9.10. The lowest BCUT2D eigenvalue weighted by molar-refractivity contribution is 0.0965. The van der Waals surface area contributed by atoms with Crippen LogP contribution < -0.4 is 4.90 Å². The van der Waals surface area contributed by atoms with Gasteiger partial charge in [-0.05, 0) is 37.1 Å². The number of anilines is 1. The van der Waals surface area contributed by atoms with Gasteiger partial charge in [-0.25, -0.2) is 0 Å². The minimum absolute atomic E-state index is 0.125. The number of benzene rings is 2. The first kappa shape index (κ1) is 13.4. The number of fused-ring (bicyclic) bond motifs is 1. The average molecular weight is 330 g/mol. The molecule has 1 atom stereocenters. The van der Waals surface area contributed by atoms with Gasteiger partial charge >= 0.3 is 0 Å². The molecule has 0 N–H and O–H groups in total. The van der Waals surface area contributed by atoms with Gasteiger partial charge in [0.1, 0.15) is 0 Å². The summed E-state index contributed by atoms with van der Waals surface area (Å²) in [6.07, 6.45) is 1.02. The lowest BCUT2D eigenvalue weighted by atomic mass is 10.0. The average Bonchev–Trinajstić information content (AvgIpc) is 2.90. The van der Waals surface area contributed by atoms with Crippen LogP contribution in [-0.4, -0.2) is 18.4 Å². The standard InChI is InChI=1S/C17H16BrNO/c1-12(17(20)14-6-8-15(18)9-7-14)19-11-10-13-4-2-3-5-16(13)19/h2-9,12H,10-11H2,1H3. The van der Waals surface area contributed by atoms with Crippen molar-refractivity contribution < 1.29 is 4.79 Å². The highest BCUT2D eigenvalue weighted by atomic mass is 79.9. The molecule has 1 heterocycles. The van der Waals surface area contributed by atoms with Crippen molar-refractivity contribution in [2.24, 2.45) is 0 Å². The Morgan fingerprint density at radius 3 is 2.60 bits per heavy atom. The van der Waals surface area contributed by atoms with Gasteiger partial charge < -0.3 is 4.90 Å². The molecule has 2 aromatic rings. The maximum atomic E-state index is 12.6. The van der Waals surface area contributed by atoms with Crippen molar-refractivity contribution >= 4 is 27.4 Å². The SMILES string of the molecule is CC(C(=O)c1ccc(Br)cc1)N1CCc2ccccc21. The monoisotopic (exact) mass is 329 g/mol. The summed E-state index contributed by atoms with van der Waals surface area (Å²) in [5, 5.41) is 0. The van der Waals surface area contributed by atoms with Gasteiger partial charge in [0.05, 0.1) is 6.04 Å². The van der Waals surface area contributed by atoms with Crippen LogP contribution in [0.2, 0.25) is 0 Å². The van der Waals surface area contributed by atoms with E-state index in [9.17, 15) is 4.79 Å². The molecular weight excluding hydrogens is 314 g/mol. The Balaban J connectivity index is 1.85. The fraction of sp³-hybridized carbons (Fsp3) is 0.235. The molecule has 0 spiro atoms. The quantitative estimate of drug-likeness (QED) is 0.791. The topological polar surface area (TPSA) is 20.3 Å². The highest BCUT2D eigenvalue weighted by Crippen LogP contribution is 2.30. The van der Waals surface area contributed by atoms with Gasteiger partial charge in [-0.15, -0.1) is 0 Å². The van der Waals surface area contributed by atoms with Crippen LogP contribution in [0.3, 0.4) is 0 Å². The van der Waals surface area contributed by atoms with E-state index in [0.29, 0.717) is 0 Å². The minimum atomic E-state index is -0.125. The molecule has 0 aromatic heterocycles. The lowest BCUT2D eigenvalue weighted by Crippen LogP contribution is -2.37. The number of rotatable bonds is 3. The van der Waals surface area contributed by atoms with E-state index >= 15 is 0 Å². The highest BCUT2D eigenvalue weighted by Gasteiger charge is 2.27. The molecule has 0 amide bonds. The van der Waals surface area contributed by atoms with E-state index in [4.69, 9.17) is 0 Å². The third-order valence-electron chi connectivity index (χ3n) is 3.90. The van der Waals surface area contributed by atoms with Gasteiger partial charge in [-0.2, -0.15) is 0 Å². The molecule has 3 rings (SSSR count). The second kappa shape index (κ2) is 5.41.